The van der Waals surface area contributed by atoms with Crippen LogP contribution in [0.2, 0.25) is 0 Å². The molecule has 11 nitrogen and oxygen atoms in total. The fourth-order valence-electron chi connectivity index (χ4n) is 6.79. The molecule has 0 aliphatic heterocycles. The Labute approximate surface area is 246 Å². The molecular weight excluding hydrogens is 573 g/mol. The zero-order valence-corrected chi connectivity index (χ0v) is 24.8. The minimum absolute atomic E-state index is 0.0567. The number of halogens is 3. The second-order valence-corrected chi connectivity index (χ2v) is 12.2. The van der Waals surface area contributed by atoms with Crippen molar-refractivity contribution in [2.24, 2.45) is 17.6 Å². The average molecular weight is 611 g/mol. The van der Waals surface area contributed by atoms with Crippen molar-refractivity contribution in [3.8, 4) is 5.75 Å². The molecule has 1 aromatic carbocycles. The number of phenolic OH excluding ortho intramolecular Hbond substituents is 1. The summed E-state index contributed by atoms with van der Waals surface area (Å²) in [6.07, 6.45) is -5.46. The lowest BCUT2D eigenvalue weighted by Crippen LogP contribution is -2.63. The molecule has 5 atom stereocenters. The van der Waals surface area contributed by atoms with Crippen LogP contribution in [-0.4, -0.2) is 107 Å². The molecule has 0 heterocycles. The van der Waals surface area contributed by atoms with Gasteiger partial charge in [0.2, 0.25) is 5.78 Å². The highest BCUT2D eigenvalue weighted by Gasteiger charge is 2.63. The molecule has 1 aromatic rings. The van der Waals surface area contributed by atoms with Gasteiger partial charge in [0.15, 0.2) is 11.4 Å². The van der Waals surface area contributed by atoms with Gasteiger partial charge in [-0.15, -0.1) is 0 Å². The van der Waals surface area contributed by atoms with Gasteiger partial charge in [0, 0.05) is 49.4 Å². The van der Waals surface area contributed by atoms with Gasteiger partial charge in [0.05, 0.1) is 18.0 Å². The molecule has 1 amide bonds. The number of anilines is 1. The summed E-state index contributed by atoms with van der Waals surface area (Å²) in [6, 6.07) is -0.448. The normalized spacial score (nSPS) is 26.5. The molecule has 0 bridgehead atoms. The average Bonchev–Trinajstić information content (AvgIpc) is 2.86. The first kappa shape index (κ1) is 32.3. The largest absolute Gasteiger partial charge is 0.510 e. The van der Waals surface area contributed by atoms with E-state index in [1.54, 1.807) is 39.2 Å². The van der Waals surface area contributed by atoms with Gasteiger partial charge >= 0.3 is 6.18 Å². The van der Waals surface area contributed by atoms with Gasteiger partial charge in [-0.2, -0.15) is 13.2 Å². The summed E-state index contributed by atoms with van der Waals surface area (Å²) >= 11 is 0. The number of likely N-dealkylation sites (N-methyl/N-ethyl adjacent to an activating group) is 1. The van der Waals surface area contributed by atoms with Crippen LogP contribution in [0.25, 0.3) is 0 Å². The molecule has 6 N–H and O–H groups in total. The number of Topliss-reactive ketones (excluding diaryl/α,β-unsaturated/α-hetero) is 2. The van der Waals surface area contributed by atoms with Crippen molar-refractivity contribution < 1.29 is 48.0 Å². The van der Waals surface area contributed by atoms with Crippen LogP contribution in [0.3, 0.4) is 0 Å². The summed E-state index contributed by atoms with van der Waals surface area (Å²) in [5.41, 5.74) is 2.31. The smallest absolute Gasteiger partial charge is 0.390 e. The van der Waals surface area contributed by atoms with Gasteiger partial charge in [-0.1, -0.05) is 0 Å². The van der Waals surface area contributed by atoms with Gasteiger partial charge in [-0.3, -0.25) is 24.2 Å². The summed E-state index contributed by atoms with van der Waals surface area (Å²) in [6.45, 7) is 1.25. The predicted molar refractivity (Wildman–Crippen MR) is 150 cm³/mol. The summed E-state index contributed by atoms with van der Waals surface area (Å²) in [7, 11) is 7.96. The number of primary amides is 1. The minimum Gasteiger partial charge on any atom is -0.510 e. The minimum atomic E-state index is -4.41. The van der Waals surface area contributed by atoms with Crippen molar-refractivity contribution in [1.82, 2.24) is 9.80 Å². The van der Waals surface area contributed by atoms with E-state index in [-0.39, 0.29) is 36.1 Å². The second-order valence-electron chi connectivity index (χ2n) is 12.2. The third-order valence-corrected chi connectivity index (χ3v) is 8.96. The number of aromatic hydroxyl groups is 1. The van der Waals surface area contributed by atoms with E-state index in [9.17, 15) is 48.0 Å². The van der Waals surface area contributed by atoms with E-state index < -0.39 is 82.4 Å². The van der Waals surface area contributed by atoms with E-state index >= 15 is 0 Å². The maximum atomic E-state index is 14.1. The number of alkyl halides is 3. The molecule has 0 spiro atoms. The summed E-state index contributed by atoms with van der Waals surface area (Å²) in [4.78, 5) is 44.3. The molecule has 3 aliphatic rings. The lowest BCUT2D eigenvalue weighted by atomic mass is 9.58. The van der Waals surface area contributed by atoms with E-state index in [1.807, 2.05) is 0 Å². The van der Waals surface area contributed by atoms with E-state index in [2.05, 4.69) is 0 Å². The van der Waals surface area contributed by atoms with Gasteiger partial charge in [0.25, 0.3) is 5.91 Å². The van der Waals surface area contributed by atoms with Gasteiger partial charge in [-0.25, -0.2) is 0 Å². The summed E-state index contributed by atoms with van der Waals surface area (Å²) in [5, 5.41) is 45.5. The Bertz CT molecular complexity index is 1450. The van der Waals surface area contributed by atoms with E-state index in [0.717, 1.165) is 0 Å². The quantitative estimate of drug-likeness (QED) is 0.288. The van der Waals surface area contributed by atoms with Crippen molar-refractivity contribution >= 4 is 23.2 Å². The van der Waals surface area contributed by atoms with Crippen molar-refractivity contribution in [3.05, 3.63) is 45.4 Å². The Morgan fingerprint density at radius 1 is 1.14 bits per heavy atom. The second kappa shape index (κ2) is 10.8. The van der Waals surface area contributed by atoms with Crippen molar-refractivity contribution in [1.29, 1.82) is 0 Å². The molecular formula is C29H37F3N4O7. The number of aliphatic hydroxyl groups is 3. The van der Waals surface area contributed by atoms with Crippen LogP contribution < -0.4 is 10.6 Å². The van der Waals surface area contributed by atoms with Crippen LogP contribution in [0.15, 0.2) is 28.7 Å². The lowest BCUT2D eigenvalue weighted by molar-refractivity contribution is -0.148. The van der Waals surface area contributed by atoms with Crippen LogP contribution in [0.1, 0.15) is 41.3 Å². The maximum absolute atomic E-state index is 14.1. The molecule has 0 saturated heterocycles. The predicted octanol–water partition coefficient (Wildman–Crippen LogP) is 1.96. The maximum Gasteiger partial charge on any atom is 0.390 e. The van der Waals surface area contributed by atoms with Crippen molar-refractivity contribution in [2.75, 3.05) is 40.1 Å². The number of fused-ring (bicyclic) bond motifs is 3. The number of nitrogens with zero attached hydrogens (tertiary/aromatic N) is 3. The number of allylic oxidation sites excluding steroid dienone is 1. The fraction of sp³-hybridized carbons (Fsp3) is 0.552. The number of nitrogens with two attached hydrogens (primary N) is 1. The Kier molecular flexibility index (Phi) is 8.13. The van der Waals surface area contributed by atoms with Gasteiger partial charge in [-0.05, 0) is 58.5 Å². The van der Waals surface area contributed by atoms with E-state index in [1.165, 1.54) is 23.8 Å². The zero-order valence-electron chi connectivity index (χ0n) is 24.8. The van der Waals surface area contributed by atoms with Crippen LogP contribution >= 0.6 is 0 Å². The highest BCUT2D eigenvalue weighted by Crippen LogP contribution is 2.53. The first-order chi connectivity index (χ1) is 19.7. The molecule has 1 unspecified atom stereocenters. The highest BCUT2D eigenvalue weighted by molar-refractivity contribution is 6.24. The Morgan fingerprint density at radius 3 is 2.26 bits per heavy atom. The molecule has 0 aromatic heterocycles. The SMILES string of the molecule is CC(CC(F)(F)F)N(C)Cc1cc(N(C)C)c2c(c1O)C(=O)C1=C(O)[C@]3(O)C(=O)C(C(N)=O)=C(O)[C@@H](N(C)C)[C@@H]3C[C@@H]1C2. The molecule has 43 heavy (non-hydrogen) atoms. The molecule has 0 radical (unpaired) electrons. The number of carbonyl (C=O) groups is 3. The number of benzene rings is 1. The summed E-state index contributed by atoms with van der Waals surface area (Å²) < 4.78 is 39.0. The standard InChI is InChI=1S/C29H37F3N4O7/c1-12(10-28(30,31)32)36(6)11-14-9-17(34(2)3)15-7-13-8-16-21(35(4)5)24(39)20(27(33)42)26(41)29(16,43)25(40)18(13)23(38)19(15)22(14)37/h9,12-13,16,21,37,39-40,43H,7-8,10-11H2,1-6H3,(H2,33,42)/t12?,13-,16-,21-,29-/m0/s1. The zero-order chi connectivity index (χ0) is 32.5. The van der Waals surface area contributed by atoms with Gasteiger partial charge in [0.1, 0.15) is 22.8 Å². The monoisotopic (exact) mass is 610 g/mol. The molecule has 236 valence electrons. The summed E-state index contributed by atoms with van der Waals surface area (Å²) in [5.74, 6) is -7.55. The number of ketones is 2. The first-order valence-corrected chi connectivity index (χ1v) is 13.7. The van der Waals surface area contributed by atoms with E-state index in [4.69, 9.17) is 5.73 Å². The van der Waals surface area contributed by atoms with Crippen LogP contribution in [-0.2, 0) is 22.6 Å². The number of phenols is 1. The Balaban J connectivity index is 1.88. The highest BCUT2D eigenvalue weighted by atomic mass is 19.4. The lowest BCUT2D eigenvalue weighted by Gasteiger charge is -2.50. The third-order valence-electron chi connectivity index (χ3n) is 8.96. The number of aliphatic hydroxyl groups excluding tert-OH is 2. The third kappa shape index (κ3) is 5.14. The first-order valence-electron chi connectivity index (χ1n) is 13.7. The number of hydrogen-bond acceptors (Lipinski definition) is 10. The fourth-order valence-corrected chi connectivity index (χ4v) is 6.79. The number of hydrogen-bond donors (Lipinski definition) is 5. The van der Waals surface area contributed by atoms with Crippen LogP contribution in [0.4, 0.5) is 18.9 Å². The molecule has 14 heteroatoms. The molecule has 0 saturated carbocycles. The number of amides is 1. The van der Waals surface area contributed by atoms with Crippen molar-refractivity contribution in [3.63, 3.8) is 0 Å². The van der Waals surface area contributed by atoms with E-state index in [0.29, 0.717) is 11.3 Å². The van der Waals surface area contributed by atoms with Crippen LogP contribution in [0, 0.1) is 11.8 Å². The molecule has 3 aliphatic carbocycles. The van der Waals surface area contributed by atoms with Gasteiger partial charge < -0.3 is 31.1 Å². The molecule has 0 fully saturated rings. The number of carbonyl (C=O) groups excluding carboxylic acids is 3. The Hall–Kier alpha value is -3.62. The topological polar surface area (TPSA) is 168 Å². The van der Waals surface area contributed by atoms with Crippen molar-refractivity contribution in [2.45, 2.75) is 56.6 Å². The Morgan fingerprint density at radius 2 is 1.74 bits per heavy atom. The molecule has 4 rings (SSSR count). The van der Waals surface area contributed by atoms with Crippen LogP contribution in [0.5, 0.6) is 5.75 Å². The number of rotatable bonds is 7.